The van der Waals surface area contributed by atoms with Gasteiger partial charge in [-0.05, 0) is 12.5 Å². The Balaban J connectivity index is 2.90. The lowest BCUT2D eigenvalue weighted by Gasteiger charge is -2.18. The van der Waals surface area contributed by atoms with Gasteiger partial charge in [-0.1, -0.05) is 23.7 Å². The lowest BCUT2D eigenvalue weighted by molar-refractivity contribution is 0.00413. The molecule has 1 aromatic carbocycles. The second-order valence-electron chi connectivity index (χ2n) is 3.17. The molecule has 0 radical (unpaired) electrons. The smallest absolute Gasteiger partial charge is 0.142 e. The van der Waals surface area contributed by atoms with Crippen molar-refractivity contribution in [3.05, 3.63) is 34.6 Å². The topological polar surface area (TPSA) is 60.7 Å². The van der Waals surface area contributed by atoms with Crippen molar-refractivity contribution in [3.63, 3.8) is 0 Å². The summed E-state index contributed by atoms with van der Waals surface area (Å²) in [4.78, 5) is 0. The highest BCUT2D eigenvalue weighted by molar-refractivity contribution is 6.31. The lowest BCUT2D eigenvalue weighted by atomic mass is 10.0. The van der Waals surface area contributed by atoms with Crippen LogP contribution in [0.2, 0.25) is 5.02 Å². The van der Waals surface area contributed by atoms with Crippen molar-refractivity contribution in [2.24, 2.45) is 0 Å². The molecule has 0 heterocycles. The predicted octanol–water partition coefficient (Wildman–Crippen LogP) is 1.26. The van der Waals surface area contributed by atoms with Gasteiger partial charge in [0.25, 0.3) is 0 Å². The summed E-state index contributed by atoms with van der Waals surface area (Å²) in [5.74, 6) is -0.649. The van der Waals surface area contributed by atoms with Gasteiger partial charge in [0, 0.05) is 12.2 Å². The van der Waals surface area contributed by atoms with Crippen LogP contribution in [0, 0.1) is 5.82 Å². The molecule has 2 unspecified atom stereocenters. The summed E-state index contributed by atoms with van der Waals surface area (Å²) >= 11 is 5.62. The standard InChI is InChI=1S/C10H12ClFO3/c11-9-6(2-1-3-7(9)12)10(15)8(14)4-5-13/h1-3,8,10,13-15H,4-5H2. The molecule has 0 aromatic heterocycles. The molecule has 84 valence electrons. The van der Waals surface area contributed by atoms with Crippen LogP contribution in [0.4, 0.5) is 4.39 Å². The van der Waals surface area contributed by atoms with Gasteiger partial charge in [-0.25, -0.2) is 4.39 Å². The minimum Gasteiger partial charge on any atom is -0.396 e. The third kappa shape index (κ3) is 2.89. The van der Waals surface area contributed by atoms with E-state index in [9.17, 15) is 14.6 Å². The van der Waals surface area contributed by atoms with Crippen molar-refractivity contribution in [1.82, 2.24) is 0 Å². The molecule has 3 nitrogen and oxygen atoms in total. The molecule has 0 aliphatic rings. The molecule has 0 aliphatic heterocycles. The summed E-state index contributed by atoms with van der Waals surface area (Å²) in [6, 6.07) is 3.99. The first-order valence-corrected chi connectivity index (χ1v) is 4.86. The Morgan fingerprint density at radius 1 is 1.33 bits per heavy atom. The molecule has 0 spiro atoms. The summed E-state index contributed by atoms with van der Waals surface area (Å²) in [5.41, 5.74) is 0.123. The number of rotatable bonds is 4. The number of benzene rings is 1. The molecule has 0 saturated heterocycles. The first-order chi connectivity index (χ1) is 7.07. The van der Waals surface area contributed by atoms with Gasteiger partial charge in [0.05, 0.1) is 11.1 Å². The zero-order valence-corrected chi connectivity index (χ0v) is 8.65. The van der Waals surface area contributed by atoms with Crippen molar-refractivity contribution >= 4 is 11.6 Å². The number of aliphatic hydroxyl groups excluding tert-OH is 3. The van der Waals surface area contributed by atoms with E-state index in [-0.39, 0.29) is 23.6 Å². The minimum atomic E-state index is -1.29. The van der Waals surface area contributed by atoms with Crippen LogP contribution < -0.4 is 0 Å². The van der Waals surface area contributed by atoms with E-state index in [2.05, 4.69) is 0 Å². The number of halogens is 2. The Morgan fingerprint density at radius 3 is 2.60 bits per heavy atom. The second kappa shape index (κ2) is 5.42. The number of hydrogen-bond donors (Lipinski definition) is 3. The Kier molecular flexibility index (Phi) is 4.47. The van der Waals surface area contributed by atoms with Gasteiger partial charge in [0.1, 0.15) is 11.9 Å². The largest absolute Gasteiger partial charge is 0.396 e. The average Bonchev–Trinajstić information content (AvgIpc) is 2.21. The van der Waals surface area contributed by atoms with E-state index in [1.165, 1.54) is 12.1 Å². The molecule has 0 amide bonds. The number of hydrogen-bond acceptors (Lipinski definition) is 3. The Hall–Kier alpha value is -0.680. The van der Waals surface area contributed by atoms with Crippen LogP contribution >= 0.6 is 11.6 Å². The average molecular weight is 235 g/mol. The number of aliphatic hydroxyl groups is 3. The van der Waals surface area contributed by atoms with Crippen LogP contribution in [0.15, 0.2) is 18.2 Å². The highest BCUT2D eigenvalue weighted by Gasteiger charge is 2.21. The molecule has 1 rings (SSSR count). The van der Waals surface area contributed by atoms with Crippen LogP contribution in [0.5, 0.6) is 0 Å². The minimum absolute atomic E-state index is 0.00795. The molecular formula is C10H12ClFO3. The second-order valence-corrected chi connectivity index (χ2v) is 3.55. The van der Waals surface area contributed by atoms with E-state index in [1.807, 2.05) is 0 Å². The van der Waals surface area contributed by atoms with Gasteiger partial charge < -0.3 is 15.3 Å². The van der Waals surface area contributed by atoms with Gasteiger partial charge in [0.15, 0.2) is 0 Å². The molecule has 0 saturated carbocycles. The van der Waals surface area contributed by atoms with E-state index in [0.717, 1.165) is 6.07 Å². The highest BCUT2D eigenvalue weighted by Crippen LogP contribution is 2.28. The van der Waals surface area contributed by atoms with Gasteiger partial charge in [-0.2, -0.15) is 0 Å². The maximum atomic E-state index is 13.0. The summed E-state index contributed by atoms with van der Waals surface area (Å²) in [6.45, 7) is -0.259. The zero-order valence-electron chi connectivity index (χ0n) is 7.90. The van der Waals surface area contributed by atoms with E-state index in [0.29, 0.717) is 0 Å². The van der Waals surface area contributed by atoms with E-state index < -0.39 is 18.0 Å². The molecule has 3 N–H and O–H groups in total. The fourth-order valence-electron chi connectivity index (χ4n) is 1.25. The van der Waals surface area contributed by atoms with Crippen molar-refractivity contribution in [2.45, 2.75) is 18.6 Å². The third-order valence-electron chi connectivity index (χ3n) is 2.09. The van der Waals surface area contributed by atoms with Gasteiger partial charge in [0.2, 0.25) is 0 Å². The molecule has 1 aromatic rings. The van der Waals surface area contributed by atoms with E-state index in [1.54, 1.807) is 0 Å². The molecule has 5 heteroatoms. The van der Waals surface area contributed by atoms with Gasteiger partial charge in [-0.3, -0.25) is 0 Å². The molecule has 2 atom stereocenters. The molecule has 0 aliphatic carbocycles. The third-order valence-corrected chi connectivity index (χ3v) is 2.49. The van der Waals surface area contributed by atoms with Crippen molar-refractivity contribution in [2.75, 3.05) is 6.61 Å². The predicted molar refractivity (Wildman–Crippen MR) is 54.1 cm³/mol. The summed E-state index contributed by atoms with van der Waals surface area (Å²) in [6.07, 6.45) is -2.44. The van der Waals surface area contributed by atoms with Crippen LogP contribution in [0.25, 0.3) is 0 Å². The fraction of sp³-hybridized carbons (Fsp3) is 0.400. The zero-order chi connectivity index (χ0) is 11.4. The maximum absolute atomic E-state index is 13.0. The van der Waals surface area contributed by atoms with Crippen molar-refractivity contribution in [1.29, 1.82) is 0 Å². The first-order valence-electron chi connectivity index (χ1n) is 4.48. The first kappa shape index (κ1) is 12.4. The van der Waals surface area contributed by atoms with Crippen LogP contribution in [0.1, 0.15) is 18.1 Å². The van der Waals surface area contributed by atoms with Crippen molar-refractivity contribution < 1.29 is 19.7 Å². The van der Waals surface area contributed by atoms with Crippen molar-refractivity contribution in [3.8, 4) is 0 Å². The fourth-order valence-corrected chi connectivity index (χ4v) is 1.48. The quantitative estimate of drug-likeness (QED) is 0.735. The molecule has 0 bridgehead atoms. The summed E-state index contributed by atoms with van der Waals surface area (Å²) < 4.78 is 13.0. The van der Waals surface area contributed by atoms with Crippen LogP contribution in [-0.2, 0) is 0 Å². The lowest BCUT2D eigenvalue weighted by Crippen LogP contribution is -2.20. The van der Waals surface area contributed by atoms with E-state index in [4.69, 9.17) is 16.7 Å². The Bertz CT molecular complexity index is 332. The molecule has 15 heavy (non-hydrogen) atoms. The highest BCUT2D eigenvalue weighted by atomic mass is 35.5. The Labute approximate surface area is 91.7 Å². The summed E-state index contributed by atoms with van der Waals surface area (Å²) in [7, 11) is 0. The SMILES string of the molecule is OCCC(O)C(O)c1cccc(F)c1Cl. The normalized spacial score (nSPS) is 15.0. The van der Waals surface area contributed by atoms with E-state index >= 15 is 0 Å². The Morgan fingerprint density at radius 2 is 2.00 bits per heavy atom. The molecule has 0 fully saturated rings. The maximum Gasteiger partial charge on any atom is 0.142 e. The van der Waals surface area contributed by atoms with Gasteiger partial charge >= 0.3 is 0 Å². The van der Waals surface area contributed by atoms with Crippen LogP contribution in [-0.4, -0.2) is 28.0 Å². The van der Waals surface area contributed by atoms with Crippen LogP contribution in [0.3, 0.4) is 0 Å². The molecular weight excluding hydrogens is 223 g/mol. The summed E-state index contributed by atoms with van der Waals surface area (Å²) in [5, 5.41) is 27.4. The van der Waals surface area contributed by atoms with Gasteiger partial charge in [-0.15, -0.1) is 0 Å². The monoisotopic (exact) mass is 234 g/mol.